The van der Waals surface area contributed by atoms with Gasteiger partial charge >= 0.3 is 6.03 Å². The number of ether oxygens (including phenoxy) is 1. The molecule has 2 amide bonds. The van der Waals surface area contributed by atoms with E-state index in [1.165, 1.54) is 0 Å². The van der Waals surface area contributed by atoms with Gasteiger partial charge in [-0.3, -0.25) is 0 Å². The predicted molar refractivity (Wildman–Crippen MR) is 68.3 cm³/mol. The van der Waals surface area contributed by atoms with Crippen LogP contribution in [0.15, 0.2) is 24.3 Å². The van der Waals surface area contributed by atoms with Gasteiger partial charge in [-0.25, -0.2) is 4.79 Å². The van der Waals surface area contributed by atoms with Crippen molar-refractivity contribution in [2.75, 3.05) is 6.61 Å². The van der Waals surface area contributed by atoms with Gasteiger partial charge in [0.25, 0.3) is 0 Å². The molecule has 0 aliphatic carbocycles. The van der Waals surface area contributed by atoms with E-state index in [9.17, 15) is 4.79 Å². The van der Waals surface area contributed by atoms with Crippen molar-refractivity contribution in [3.63, 3.8) is 0 Å². The predicted octanol–water partition coefficient (Wildman–Crippen LogP) is 2.45. The summed E-state index contributed by atoms with van der Waals surface area (Å²) in [6.07, 6.45) is 1.90. The third-order valence-electron chi connectivity index (χ3n) is 3.59. The zero-order chi connectivity index (χ0) is 12.5. The molecule has 5 heteroatoms. The number of halogens is 1. The van der Waals surface area contributed by atoms with Crippen molar-refractivity contribution in [2.45, 2.75) is 25.1 Å². The lowest BCUT2D eigenvalue weighted by Crippen LogP contribution is -2.58. The maximum atomic E-state index is 11.6. The largest absolute Gasteiger partial charge is 0.358 e. The van der Waals surface area contributed by atoms with E-state index in [1.54, 1.807) is 0 Å². The van der Waals surface area contributed by atoms with Crippen molar-refractivity contribution in [2.24, 2.45) is 5.92 Å². The topological polar surface area (TPSA) is 50.4 Å². The van der Waals surface area contributed by atoms with E-state index < -0.39 is 0 Å². The Labute approximate surface area is 111 Å². The summed E-state index contributed by atoms with van der Waals surface area (Å²) < 4.78 is 5.63. The lowest BCUT2D eigenvalue weighted by molar-refractivity contribution is -0.0602. The van der Waals surface area contributed by atoms with Crippen LogP contribution in [0.4, 0.5) is 4.79 Å². The summed E-state index contributed by atoms with van der Waals surface area (Å²) in [6.45, 7) is 0.717. The van der Waals surface area contributed by atoms with E-state index in [-0.39, 0.29) is 24.2 Å². The van der Waals surface area contributed by atoms with Gasteiger partial charge in [-0.2, -0.15) is 0 Å². The average molecular weight is 267 g/mol. The fraction of sp³-hybridized carbons (Fsp3) is 0.462. The number of benzene rings is 1. The molecule has 0 spiro atoms. The van der Waals surface area contributed by atoms with Crippen LogP contribution in [0, 0.1) is 5.92 Å². The van der Waals surface area contributed by atoms with E-state index in [2.05, 4.69) is 10.6 Å². The first-order valence-corrected chi connectivity index (χ1v) is 6.56. The van der Waals surface area contributed by atoms with Crippen LogP contribution >= 0.6 is 11.6 Å². The molecule has 2 fully saturated rings. The summed E-state index contributed by atoms with van der Waals surface area (Å²) in [5.41, 5.74) is 1.08. The van der Waals surface area contributed by atoms with Crippen LogP contribution < -0.4 is 10.6 Å². The molecule has 3 rings (SSSR count). The third kappa shape index (κ3) is 2.18. The summed E-state index contributed by atoms with van der Waals surface area (Å²) >= 11 is 5.89. The molecular formula is C13H15ClN2O2. The molecule has 2 saturated heterocycles. The van der Waals surface area contributed by atoms with E-state index in [1.807, 2.05) is 24.3 Å². The molecule has 2 N–H and O–H groups in total. The van der Waals surface area contributed by atoms with Crippen molar-refractivity contribution < 1.29 is 9.53 Å². The second-order valence-corrected chi connectivity index (χ2v) is 5.18. The lowest BCUT2D eigenvalue weighted by Gasteiger charge is -2.41. The number of amides is 2. The summed E-state index contributed by atoms with van der Waals surface area (Å²) in [7, 11) is 0. The first-order valence-electron chi connectivity index (χ1n) is 6.18. The van der Waals surface area contributed by atoms with Crippen LogP contribution in [0.2, 0.25) is 5.02 Å². The first kappa shape index (κ1) is 11.8. The lowest BCUT2D eigenvalue weighted by atomic mass is 9.85. The third-order valence-corrected chi connectivity index (χ3v) is 3.84. The average Bonchev–Trinajstić information content (AvgIpc) is 2.38. The molecule has 0 bridgehead atoms. The van der Waals surface area contributed by atoms with Crippen LogP contribution in [0.3, 0.4) is 0 Å². The maximum absolute atomic E-state index is 11.6. The fourth-order valence-corrected chi connectivity index (χ4v) is 2.84. The van der Waals surface area contributed by atoms with Crippen LogP contribution in [0.1, 0.15) is 24.4 Å². The fourth-order valence-electron chi connectivity index (χ4n) is 2.71. The van der Waals surface area contributed by atoms with Gasteiger partial charge in [-0.15, -0.1) is 0 Å². The Kier molecular flexibility index (Phi) is 3.14. The van der Waals surface area contributed by atoms with Crippen LogP contribution in [0.5, 0.6) is 0 Å². The van der Waals surface area contributed by atoms with Crippen LogP contribution in [-0.2, 0) is 4.74 Å². The smallest absolute Gasteiger partial charge is 0.317 e. The second-order valence-electron chi connectivity index (χ2n) is 4.74. The van der Waals surface area contributed by atoms with E-state index in [0.717, 1.165) is 25.0 Å². The Balaban J connectivity index is 1.88. The zero-order valence-electron chi connectivity index (χ0n) is 9.86. The highest BCUT2D eigenvalue weighted by Crippen LogP contribution is 2.34. The molecule has 4 nitrogen and oxygen atoms in total. The molecule has 2 aliphatic heterocycles. The summed E-state index contributed by atoms with van der Waals surface area (Å²) in [5.74, 6) is 0.276. The van der Waals surface area contributed by atoms with Crippen molar-refractivity contribution in [3.8, 4) is 0 Å². The molecule has 96 valence electrons. The van der Waals surface area contributed by atoms with E-state index in [4.69, 9.17) is 16.3 Å². The van der Waals surface area contributed by atoms with Crippen molar-refractivity contribution in [3.05, 3.63) is 34.9 Å². The molecule has 0 aromatic heterocycles. The van der Waals surface area contributed by atoms with Gasteiger partial charge in [0.2, 0.25) is 0 Å². The van der Waals surface area contributed by atoms with Crippen molar-refractivity contribution in [1.29, 1.82) is 0 Å². The summed E-state index contributed by atoms with van der Waals surface area (Å²) in [4.78, 5) is 11.6. The summed E-state index contributed by atoms with van der Waals surface area (Å²) in [5, 5.41) is 6.51. The Morgan fingerprint density at radius 1 is 1.22 bits per heavy atom. The van der Waals surface area contributed by atoms with Crippen LogP contribution in [0.25, 0.3) is 0 Å². The maximum Gasteiger partial charge on any atom is 0.317 e. The molecule has 0 radical (unpaired) electrons. The minimum absolute atomic E-state index is 0.00122. The van der Waals surface area contributed by atoms with Gasteiger partial charge < -0.3 is 15.4 Å². The first-order chi connectivity index (χ1) is 8.74. The highest BCUT2D eigenvalue weighted by molar-refractivity contribution is 6.30. The Bertz CT molecular complexity index is 449. The molecule has 2 aliphatic rings. The zero-order valence-corrected chi connectivity index (χ0v) is 10.6. The van der Waals surface area contributed by atoms with Gasteiger partial charge in [0, 0.05) is 17.5 Å². The number of nitrogens with one attached hydrogen (secondary N) is 2. The Morgan fingerprint density at radius 3 is 2.78 bits per heavy atom. The van der Waals surface area contributed by atoms with Crippen molar-refractivity contribution in [1.82, 2.24) is 10.6 Å². The monoisotopic (exact) mass is 266 g/mol. The SMILES string of the molecule is O=C1N[C@@H]2OCCC[C@@H]2[C@@H](c2ccc(Cl)cc2)N1. The number of hydrogen-bond acceptors (Lipinski definition) is 2. The molecule has 0 unspecified atom stereocenters. The number of rotatable bonds is 1. The van der Waals surface area contributed by atoms with Gasteiger partial charge in [-0.1, -0.05) is 23.7 Å². The minimum atomic E-state index is -0.173. The molecule has 1 aromatic rings. The number of carbonyl (C=O) groups excluding carboxylic acids is 1. The molecule has 18 heavy (non-hydrogen) atoms. The number of carbonyl (C=O) groups is 1. The molecule has 2 heterocycles. The standard InChI is InChI=1S/C13H15ClN2O2/c14-9-5-3-8(4-6-9)11-10-2-1-7-18-12(10)16-13(17)15-11/h3-6,10-12H,1-2,7H2,(H2,15,16,17)/t10-,11-,12-/m1/s1. The molecule has 0 saturated carbocycles. The summed E-state index contributed by atoms with van der Waals surface area (Å²) in [6, 6.07) is 7.46. The van der Waals surface area contributed by atoms with Gasteiger partial charge in [0.15, 0.2) is 0 Å². The highest BCUT2D eigenvalue weighted by Gasteiger charge is 2.39. The van der Waals surface area contributed by atoms with Gasteiger partial charge in [0.1, 0.15) is 6.23 Å². The molecular weight excluding hydrogens is 252 g/mol. The number of urea groups is 1. The molecule has 1 aromatic carbocycles. The number of hydrogen-bond donors (Lipinski definition) is 2. The Hall–Kier alpha value is -1.26. The van der Waals surface area contributed by atoms with Crippen molar-refractivity contribution >= 4 is 17.6 Å². The van der Waals surface area contributed by atoms with E-state index in [0.29, 0.717) is 5.02 Å². The molecule has 3 atom stereocenters. The quantitative estimate of drug-likeness (QED) is 0.820. The van der Waals surface area contributed by atoms with Crippen LogP contribution in [-0.4, -0.2) is 18.9 Å². The second kappa shape index (κ2) is 4.78. The number of fused-ring (bicyclic) bond motifs is 1. The van der Waals surface area contributed by atoms with Gasteiger partial charge in [-0.05, 0) is 30.5 Å². The minimum Gasteiger partial charge on any atom is -0.358 e. The highest BCUT2D eigenvalue weighted by atomic mass is 35.5. The normalized spacial score (nSPS) is 31.2. The van der Waals surface area contributed by atoms with Gasteiger partial charge in [0.05, 0.1) is 6.04 Å². The Morgan fingerprint density at radius 2 is 2.00 bits per heavy atom. The van der Waals surface area contributed by atoms with E-state index >= 15 is 0 Å².